The summed E-state index contributed by atoms with van der Waals surface area (Å²) in [5.41, 5.74) is 0.639. The molecule has 0 spiro atoms. The first-order valence-corrected chi connectivity index (χ1v) is 6.58. The van der Waals surface area contributed by atoms with Crippen LogP contribution in [0.4, 0.5) is 0 Å². The van der Waals surface area contributed by atoms with Crippen LogP contribution in [0.2, 0.25) is 0 Å². The Labute approximate surface area is 116 Å². The van der Waals surface area contributed by atoms with E-state index in [0.29, 0.717) is 12.2 Å². The van der Waals surface area contributed by atoms with E-state index in [1.54, 1.807) is 12.1 Å². The van der Waals surface area contributed by atoms with Crippen molar-refractivity contribution in [2.45, 2.75) is 6.42 Å². The van der Waals surface area contributed by atoms with Gasteiger partial charge in [-0.1, -0.05) is 6.07 Å². The molecule has 0 aliphatic rings. The largest absolute Gasteiger partial charge is 0.494 e. The van der Waals surface area contributed by atoms with Crippen molar-refractivity contribution in [2.24, 2.45) is 0 Å². The maximum absolute atomic E-state index is 8.79. The maximum Gasteiger partial charge on any atom is 0.120 e. The number of nitrogens with zero attached hydrogens (tertiary/aromatic N) is 3. The third-order valence-electron chi connectivity index (χ3n) is 2.84. The van der Waals surface area contributed by atoms with Gasteiger partial charge in [0.25, 0.3) is 0 Å². The van der Waals surface area contributed by atoms with Crippen molar-refractivity contribution in [1.82, 2.24) is 9.80 Å². The van der Waals surface area contributed by atoms with E-state index in [1.165, 1.54) is 0 Å². The third-order valence-corrected chi connectivity index (χ3v) is 2.84. The molecule has 4 heteroatoms. The monoisotopic (exact) mass is 261 g/mol. The van der Waals surface area contributed by atoms with Gasteiger partial charge >= 0.3 is 0 Å². The molecular formula is C15H23N3O. The molecule has 1 rings (SSSR count). The van der Waals surface area contributed by atoms with Crippen molar-refractivity contribution >= 4 is 0 Å². The van der Waals surface area contributed by atoms with Crippen LogP contribution in [0.25, 0.3) is 0 Å². The quantitative estimate of drug-likeness (QED) is 0.669. The summed E-state index contributed by atoms with van der Waals surface area (Å²) in [4.78, 5) is 4.48. The van der Waals surface area contributed by atoms with Gasteiger partial charge in [-0.2, -0.15) is 5.26 Å². The Morgan fingerprint density at radius 2 is 1.95 bits per heavy atom. The number of nitriles is 1. The smallest absolute Gasteiger partial charge is 0.120 e. The fourth-order valence-electron chi connectivity index (χ4n) is 1.66. The van der Waals surface area contributed by atoms with E-state index in [4.69, 9.17) is 10.00 Å². The second-order valence-corrected chi connectivity index (χ2v) is 4.95. The Morgan fingerprint density at radius 1 is 1.16 bits per heavy atom. The predicted octanol–water partition coefficient (Wildman–Crippen LogP) is 1.82. The standard InChI is InChI=1S/C15H23N3O/c1-17(2)9-10-18(3)8-5-11-19-15-7-4-6-14(12-15)13-16/h4,6-7,12H,5,8-11H2,1-3H3. The lowest BCUT2D eigenvalue weighted by Gasteiger charge is -2.19. The van der Waals surface area contributed by atoms with Crippen LogP contribution in [-0.4, -0.2) is 57.2 Å². The minimum absolute atomic E-state index is 0.639. The Hall–Kier alpha value is -1.57. The van der Waals surface area contributed by atoms with Gasteiger partial charge in [-0.05, 0) is 45.8 Å². The van der Waals surface area contributed by atoms with E-state index in [1.807, 2.05) is 12.1 Å². The first kappa shape index (κ1) is 15.5. The van der Waals surface area contributed by atoms with Crippen LogP contribution < -0.4 is 4.74 Å². The topological polar surface area (TPSA) is 39.5 Å². The highest BCUT2D eigenvalue weighted by atomic mass is 16.5. The number of likely N-dealkylation sites (N-methyl/N-ethyl adjacent to an activating group) is 2. The average Bonchev–Trinajstić information content (AvgIpc) is 2.41. The summed E-state index contributed by atoms with van der Waals surface area (Å²) in [7, 11) is 6.29. The van der Waals surface area contributed by atoms with E-state index < -0.39 is 0 Å². The molecule has 0 heterocycles. The summed E-state index contributed by atoms with van der Waals surface area (Å²) in [5.74, 6) is 0.773. The summed E-state index contributed by atoms with van der Waals surface area (Å²) in [5, 5.41) is 8.79. The summed E-state index contributed by atoms with van der Waals surface area (Å²) in [6.45, 7) is 3.84. The van der Waals surface area contributed by atoms with Crippen LogP contribution in [0, 0.1) is 11.3 Å². The van der Waals surface area contributed by atoms with Crippen LogP contribution in [0.1, 0.15) is 12.0 Å². The van der Waals surface area contributed by atoms with Gasteiger partial charge in [-0.3, -0.25) is 0 Å². The Kier molecular flexibility index (Phi) is 6.94. The Bertz CT molecular complexity index is 412. The van der Waals surface area contributed by atoms with E-state index in [2.05, 4.69) is 37.0 Å². The SMILES string of the molecule is CN(C)CCN(C)CCCOc1cccc(C#N)c1. The average molecular weight is 261 g/mol. The first-order chi connectivity index (χ1) is 9.11. The highest BCUT2D eigenvalue weighted by Crippen LogP contribution is 2.12. The van der Waals surface area contributed by atoms with Crippen LogP contribution >= 0.6 is 0 Å². The summed E-state index contributed by atoms with van der Waals surface area (Å²) >= 11 is 0. The normalized spacial score (nSPS) is 10.7. The minimum atomic E-state index is 0.639. The number of benzene rings is 1. The van der Waals surface area contributed by atoms with Gasteiger partial charge in [0.2, 0.25) is 0 Å². The summed E-state index contributed by atoms with van der Waals surface area (Å²) < 4.78 is 5.64. The Balaban J connectivity index is 2.18. The summed E-state index contributed by atoms with van der Waals surface area (Å²) in [6, 6.07) is 9.39. The molecule has 0 aliphatic carbocycles. The van der Waals surface area contributed by atoms with Gasteiger partial charge in [-0.15, -0.1) is 0 Å². The second-order valence-electron chi connectivity index (χ2n) is 4.95. The lowest BCUT2D eigenvalue weighted by atomic mass is 10.2. The zero-order valence-electron chi connectivity index (χ0n) is 12.1. The maximum atomic E-state index is 8.79. The number of ether oxygens (including phenoxy) is 1. The third kappa shape index (κ3) is 6.80. The Morgan fingerprint density at radius 3 is 2.63 bits per heavy atom. The molecule has 0 amide bonds. The van der Waals surface area contributed by atoms with Gasteiger partial charge in [0.15, 0.2) is 0 Å². The van der Waals surface area contributed by atoms with E-state index in [-0.39, 0.29) is 0 Å². The molecule has 0 unspecified atom stereocenters. The molecular weight excluding hydrogens is 238 g/mol. The number of rotatable bonds is 8. The van der Waals surface area contributed by atoms with Crippen molar-refractivity contribution in [3.05, 3.63) is 29.8 Å². The van der Waals surface area contributed by atoms with Crippen LogP contribution in [0.15, 0.2) is 24.3 Å². The zero-order chi connectivity index (χ0) is 14.1. The van der Waals surface area contributed by atoms with E-state index in [0.717, 1.165) is 31.8 Å². The molecule has 0 radical (unpaired) electrons. The number of hydrogen-bond acceptors (Lipinski definition) is 4. The molecule has 0 bridgehead atoms. The lowest BCUT2D eigenvalue weighted by Crippen LogP contribution is -2.29. The molecule has 0 atom stereocenters. The molecule has 104 valence electrons. The molecule has 0 aliphatic heterocycles. The summed E-state index contributed by atoms with van der Waals surface area (Å²) in [6.07, 6.45) is 0.987. The van der Waals surface area contributed by atoms with Crippen molar-refractivity contribution in [1.29, 1.82) is 5.26 Å². The second kappa shape index (κ2) is 8.52. The molecule has 0 N–H and O–H groups in total. The highest BCUT2D eigenvalue weighted by molar-refractivity contribution is 5.36. The molecule has 0 saturated carbocycles. The van der Waals surface area contributed by atoms with Crippen molar-refractivity contribution in [2.75, 3.05) is 47.4 Å². The first-order valence-electron chi connectivity index (χ1n) is 6.58. The van der Waals surface area contributed by atoms with Gasteiger partial charge in [0, 0.05) is 19.6 Å². The van der Waals surface area contributed by atoms with E-state index >= 15 is 0 Å². The predicted molar refractivity (Wildman–Crippen MR) is 77.3 cm³/mol. The lowest BCUT2D eigenvalue weighted by molar-refractivity contribution is 0.245. The van der Waals surface area contributed by atoms with Crippen molar-refractivity contribution < 1.29 is 4.74 Å². The van der Waals surface area contributed by atoms with Gasteiger partial charge in [0.1, 0.15) is 5.75 Å². The molecule has 4 nitrogen and oxygen atoms in total. The molecule has 0 saturated heterocycles. The van der Waals surface area contributed by atoms with Crippen LogP contribution in [0.5, 0.6) is 5.75 Å². The van der Waals surface area contributed by atoms with E-state index in [9.17, 15) is 0 Å². The fourth-order valence-corrected chi connectivity index (χ4v) is 1.66. The van der Waals surface area contributed by atoms with Gasteiger partial charge in [0.05, 0.1) is 18.2 Å². The van der Waals surface area contributed by atoms with Crippen LogP contribution in [0.3, 0.4) is 0 Å². The molecule has 1 aromatic rings. The molecule has 19 heavy (non-hydrogen) atoms. The van der Waals surface area contributed by atoms with Gasteiger partial charge < -0.3 is 14.5 Å². The zero-order valence-corrected chi connectivity index (χ0v) is 12.1. The van der Waals surface area contributed by atoms with Crippen LogP contribution in [-0.2, 0) is 0 Å². The molecule has 0 fully saturated rings. The fraction of sp³-hybridized carbons (Fsp3) is 0.533. The number of hydrogen-bond donors (Lipinski definition) is 0. The van der Waals surface area contributed by atoms with Crippen molar-refractivity contribution in [3.63, 3.8) is 0 Å². The van der Waals surface area contributed by atoms with Gasteiger partial charge in [-0.25, -0.2) is 0 Å². The minimum Gasteiger partial charge on any atom is -0.494 e. The molecule has 0 aromatic heterocycles. The van der Waals surface area contributed by atoms with Crippen molar-refractivity contribution in [3.8, 4) is 11.8 Å². The molecule has 1 aromatic carbocycles. The highest BCUT2D eigenvalue weighted by Gasteiger charge is 2.00.